The van der Waals surface area contributed by atoms with Crippen molar-refractivity contribution in [1.82, 2.24) is 29.6 Å². The molecule has 2 aliphatic carbocycles. The summed E-state index contributed by atoms with van der Waals surface area (Å²) in [5.41, 5.74) is 3.52. The number of aryl methyl sites for hydroxylation is 1. The van der Waals surface area contributed by atoms with Crippen LogP contribution in [0.3, 0.4) is 0 Å². The van der Waals surface area contributed by atoms with Gasteiger partial charge in [-0.15, -0.1) is 10.2 Å². The van der Waals surface area contributed by atoms with Crippen molar-refractivity contribution in [1.29, 1.82) is 0 Å². The molecule has 10 nitrogen and oxygen atoms in total. The molecule has 0 radical (unpaired) electrons. The van der Waals surface area contributed by atoms with Gasteiger partial charge >= 0.3 is 0 Å². The average Bonchev–Trinajstić information content (AvgIpc) is 3.93. The van der Waals surface area contributed by atoms with Gasteiger partial charge in [0.05, 0.1) is 6.10 Å². The second-order valence-corrected chi connectivity index (χ2v) is 11.7. The first-order valence-corrected chi connectivity index (χ1v) is 14.7. The molecule has 11 heteroatoms. The highest BCUT2D eigenvalue weighted by Gasteiger charge is 2.29. The van der Waals surface area contributed by atoms with Crippen LogP contribution in [0.1, 0.15) is 73.1 Å². The van der Waals surface area contributed by atoms with Crippen molar-refractivity contribution in [2.24, 2.45) is 7.05 Å². The summed E-state index contributed by atoms with van der Waals surface area (Å²) in [5.74, 6) is 0.233. The molecule has 0 bridgehead atoms. The van der Waals surface area contributed by atoms with Crippen LogP contribution in [0.15, 0.2) is 53.7 Å². The quantitative estimate of drug-likeness (QED) is 0.259. The number of aromatic nitrogens is 5. The maximum absolute atomic E-state index is 14.4. The highest BCUT2D eigenvalue weighted by atomic mass is 19.1. The van der Waals surface area contributed by atoms with Crippen molar-refractivity contribution < 1.29 is 13.9 Å². The minimum Gasteiger partial charge on any atom is -0.380 e. The van der Waals surface area contributed by atoms with E-state index in [0.29, 0.717) is 23.8 Å². The largest absolute Gasteiger partial charge is 0.380 e. The van der Waals surface area contributed by atoms with Gasteiger partial charge in [0.15, 0.2) is 5.82 Å². The summed E-state index contributed by atoms with van der Waals surface area (Å²) in [6, 6.07) is 10.1. The fourth-order valence-electron chi connectivity index (χ4n) is 5.22. The minimum atomic E-state index is -0.515. The lowest BCUT2D eigenvalue weighted by molar-refractivity contribution is 0.0882. The molecule has 224 valence electrons. The molecule has 2 fully saturated rings. The SMILES string of the molecule is CO[C@@H](C)[C@H](C)NCc1cc(C(=O)Nc2cc(-c3ccc(F)cc3-c3nncn3C)cc(C3CC3)n2)c(=O)n(C2CC2)c1. The summed E-state index contributed by atoms with van der Waals surface area (Å²) < 4.78 is 23.2. The van der Waals surface area contributed by atoms with Crippen molar-refractivity contribution in [2.45, 2.75) is 70.2 Å². The van der Waals surface area contributed by atoms with Crippen LogP contribution in [0.25, 0.3) is 22.5 Å². The fraction of sp³-hybridized carbons (Fsp3) is 0.406. The molecule has 2 saturated carbocycles. The number of amides is 1. The lowest BCUT2D eigenvalue weighted by Crippen LogP contribution is -2.37. The van der Waals surface area contributed by atoms with Crippen LogP contribution in [0, 0.1) is 5.82 Å². The Morgan fingerprint density at radius 1 is 1.12 bits per heavy atom. The van der Waals surface area contributed by atoms with Crippen molar-refractivity contribution in [2.75, 3.05) is 12.4 Å². The molecule has 4 aromatic rings. The van der Waals surface area contributed by atoms with Crippen molar-refractivity contribution >= 4 is 11.7 Å². The number of nitrogens with one attached hydrogen (secondary N) is 2. The van der Waals surface area contributed by atoms with Crippen LogP contribution in [0.5, 0.6) is 0 Å². The minimum absolute atomic E-state index is 0.00593. The number of methoxy groups -OCH3 is 1. The van der Waals surface area contributed by atoms with Gasteiger partial charge in [-0.25, -0.2) is 9.37 Å². The zero-order valence-electron chi connectivity index (χ0n) is 24.8. The fourth-order valence-corrected chi connectivity index (χ4v) is 5.22. The van der Waals surface area contributed by atoms with Crippen LogP contribution in [-0.4, -0.2) is 49.5 Å². The number of rotatable bonds is 11. The molecule has 3 aromatic heterocycles. The molecule has 3 heterocycles. The number of halogens is 1. The van der Waals surface area contributed by atoms with Gasteiger partial charge in [0, 0.05) is 56.2 Å². The number of nitrogens with zero attached hydrogens (tertiary/aromatic N) is 5. The second-order valence-electron chi connectivity index (χ2n) is 11.7. The van der Waals surface area contributed by atoms with Crippen LogP contribution in [0.2, 0.25) is 0 Å². The van der Waals surface area contributed by atoms with E-state index in [1.807, 2.05) is 26.1 Å². The van der Waals surface area contributed by atoms with Gasteiger partial charge in [-0.1, -0.05) is 6.07 Å². The number of pyridine rings is 2. The molecule has 1 aromatic carbocycles. The molecule has 1 amide bonds. The third-order valence-corrected chi connectivity index (χ3v) is 8.32. The third kappa shape index (κ3) is 6.28. The molecule has 0 unspecified atom stereocenters. The molecular weight excluding hydrogens is 549 g/mol. The van der Waals surface area contributed by atoms with Crippen molar-refractivity contribution in [3.63, 3.8) is 0 Å². The number of hydrogen-bond donors (Lipinski definition) is 2. The van der Waals surface area contributed by atoms with E-state index in [9.17, 15) is 14.0 Å². The number of carbonyl (C=O) groups excluding carboxylic acids is 1. The summed E-state index contributed by atoms with van der Waals surface area (Å²) in [6.07, 6.45) is 7.25. The van der Waals surface area contributed by atoms with E-state index in [4.69, 9.17) is 9.72 Å². The van der Waals surface area contributed by atoms with E-state index in [0.717, 1.165) is 48.1 Å². The van der Waals surface area contributed by atoms with E-state index < -0.39 is 5.91 Å². The van der Waals surface area contributed by atoms with E-state index in [2.05, 4.69) is 20.8 Å². The first-order chi connectivity index (χ1) is 20.7. The first-order valence-electron chi connectivity index (χ1n) is 14.7. The summed E-state index contributed by atoms with van der Waals surface area (Å²) in [4.78, 5) is 31.9. The van der Waals surface area contributed by atoms with Crippen LogP contribution in [-0.2, 0) is 18.3 Å². The Kier molecular flexibility index (Phi) is 7.93. The van der Waals surface area contributed by atoms with Crippen LogP contribution in [0.4, 0.5) is 10.2 Å². The molecule has 2 atom stereocenters. The van der Waals surface area contributed by atoms with Crippen molar-refractivity contribution in [3.05, 3.63) is 81.9 Å². The lowest BCUT2D eigenvalue weighted by atomic mass is 9.98. The summed E-state index contributed by atoms with van der Waals surface area (Å²) in [7, 11) is 3.47. The van der Waals surface area contributed by atoms with Crippen LogP contribution >= 0.6 is 0 Å². The third-order valence-electron chi connectivity index (χ3n) is 8.32. The molecule has 0 aliphatic heterocycles. The summed E-state index contributed by atoms with van der Waals surface area (Å²) in [5, 5.41) is 14.5. The Labute approximate surface area is 249 Å². The van der Waals surface area contributed by atoms with Gasteiger partial charge in [0.2, 0.25) is 0 Å². The Morgan fingerprint density at radius 3 is 2.58 bits per heavy atom. The Hall–Kier alpha value is -4.22. The maximum Gasteiger partial charge on any atom is 0.263 e. The molecule has 0 spiro atoms. The molecule has 43 heavy (non-hydrogen) atoms. The van der Waals surface area contributed by atoms with Gasteiger partial charge in [0.25, 0.3) is 11.5 Å². The maximum atomic E-state index is 14.4. The van der Waals surface area contributed by atoms with Gasteiger partial charge in [-0.05, 0) is 86.6 Å². The summed E-state index contributed by atoms with van der Waals surface area (Å²) in [6.45, 7) is 4.50. The predicted molar refractivity (Wildman–Crippen MR) is 161 cm³/mol. The molecule has 6 rings (SSSR count). The lowest BCUT2D eigenvalue weighted by Gasteiger charge is -2.20. The number of carbonyl (C=O) groups is 1. The monoisotopic (exact) mass is 585 g/mol. The first kappa shape index (κ1) is 28.9. The highest BCUT2D eigenvalue weighted by molar-refractivity contribution is 6.04. The van der Waals surface area contributed by atoms with Crippen LogP contribution < -0.4 is 16.2 Å². The Balaban J connectivity index is 1.34. The number of hydrogen-bond acceptors (Lipinski definition) is 7. The topological polar surface area (TPSA) is 116 Å². The smallest absolute Gasteiger partial charge is 0.263 e. The second kappa shape index (κ2) is 11.8. The van der Waals surface area contributed by atoms with Gasteiger partial charge in [-0.2, -0.15) is 0 Å². The summed E-state index contributed by atoms with van der Waals surface area (Å²) >= 11 is 0. The predicted octanol–water partition coefficient (Wildman–Crippen LogP) is 4.82. The van der Waals surface area contributed by atoms with Gasteiger partial charge in [-0.3, -0.25) is 9.59 Å². The van der Waals surface area contributed by atoms with E-state index >= 15 is 0 Å². The standard InChI is InChI=1S/C32H36FN7O3/c1-18(19(2)43-4)34-15-20-11-27(32(42)40(16-20)24-8-9-24)31(41)37-29-13-22(12-28(36-29)21-5-6-21)25-10-7-23(33)14-26(25)30-38-35-17-39(30)3/h7,10-14,16-19,21,24,34H,5-6,8-9,15H2,1-4H3,(H,36,37,41)/t18-,19-/m0/s1. The molecule has 2 aliphatic rings. The highest BCUT2D eigenvalue weighted by Crippen LogP contribution is 2.42. The number of anilines is 1. The van der Waals surface area contributed by atoms with E-state index in [1.54, 1.807) is 47.8 Å². The van der Waals surface area contributed by atoms with Crippen molar-refractivity contribution in [3.8, 4) is 22.5 Å². The molecule has 0 saturated heterocycles. The molecular formula is C32H36FN7O3. The Bertz CT molecular complexity index is 1720. The number of benzene rings is 1. The zero-order chi connectivity index (χ0) is 30.2. The number of ether oxygens (including phenoxy) is 1. The van der Waals surface area contributed by atoms with Gasteiger partial charge in [0.1, 0.15) is 23.5 Å². The normalized spacial score (nSPS) is 16.2. The molecule has 2 N–H and O–H groups in total. The average molecular weight is 586 g/mol. The Morgan fingerprint density at radius 2 is 1.91 bits per heavy atom. The van der Waals surface area contributed by atoms with E-state index in [-0.39, 0.29) is 41.0 Å². The van der Waals surface area contributed by atoms with E-state index in [1.165, 1.54) is 12.1 Å². The zero-order valence-corrected chi connectivity index (χ0v) is 24.8. The van der Waals surface area contributed by atoms with Gasteiger partial charge < -0.3 is 24.5 Å².